The second-order valence-electron chi connectivity index (χ2n) is 3.47. The van der Waals surface area contributed by atoms with E-state index in [2.05, 4.69) is 9.97 Å². The lowest BCUT2D eigenvalue weighted by Crippen LogP contribution is -2.14. The molecule has 0 amide bonds. The molecule has 2 aromatic rings. The average Bonchev–Trinajstić information content (AvgIpc) is 2.37. The highest BCUT2D eigenvalue weighted by Gasteiger charge is 2.13. The van der Waals surface area contributed by atoms with Crippen molar-refractivity contribution in [1.82, 2.24) is 9.97 Å². The van der Waals surface area contributed by atoms with E-state index in [1.165, 1.54) is 17.8 Å². The van der Waals surface area contributed by atoms with E-state index in [9.17, 15) is 8.42 Å². The molecule has 1 aromatic heterocycles. The Bertz CT molecular complexity index is 630. The predicted molar refractivity (Wildman–Crippen MR) is 69.4 cm³/mol. The van der Waals surface area contributed by atoms with Crippen molar-refractivity contribution in [3.05, 3.63) is 48.3 Å². The number of sulfonamides is 1. The molecule has 0 fully saturated rings. The highest BCUT2D eigenvalue weighted by atomic mass is 32.2. The third-order valence-corrected chi connectivity index (χ3v) is 4.11. The van der Waals surface area contributed by atoms with Crippen LogP contribution in [-0.2, 0) is 15.8 Å². The second-order valence-corrected chi connectivity index (χ2v) is 5.95. The molecule has 0 spiro atoms. The molecule has 0 aliphatic rings. The fraction of sp³-hybridized carbons (Fsp3) is 0.0909. The number of thioether (sulfide) groups is 1. The van der Waals surface area contributed by atoms with Crippen molar-refractivity contribution in [3.63, 3.8) is 0 Å². The summed E-state index contributed by atoms with van der Waals surface area (Å²) in [6.07, 6.45) is 3.28. The summed E-state index contributed by atoms with van der Waals surface area (Å²) in [5.74, 6) is 0.455. The Labute approximate surface area is 110 Å². The minimum atomic E-state index is -3.69. The number of hydrogen-bond acceptors (Lipinski definition) is 5. The lowest BCUT2D eigenvalue weighted by molar-refractivity contribution is 0.597. The van der Waals surface area contributed by atoms with Gasteiger partial charge in [-0.2, -0.15) is 0 Å². The van der Waals surface area contributed by atoms with Gasteiger partial charge in [0.1, 0.15) is 0 Å². The van der Waals surface area contributed by atoms with E-state index in [-0.39, 0.29) is 4.90 Å². The fourth-order valence-corrected chi connectivity index (χ4v) is 3.08. The molecule has 94 valence electrons. The molecule has 2 N–H and O–H groups in total. The van der Waals surface area contributed by atoms with Crippen LogP contribution < -0.4 is 5.14 Å². The third kappa shape index (κ3) is 3.28. The normalized spacial score (nSPS) is 11.4. The van der Waals surface area contributed by atoms with E-state index in [1.54, 1.807) is 36.7 Å². The molecule has 0 unspecified atom stereocenters. The first-order valence-electron chi connectivity index (χ1n) is 5.08. The molecule has 0 aliphatic heterocycles. The van der Waals surface area contributed by atoms with E-state index in [4.69, 9.17) is 5.14 Å². The molecule has 0 radical (unpaired) electrons. The van der Waals surface area contributed by atoms with Gasteiger partial charge in [-0.15, -0.1) is 0 Å². The standard InChI is InChI=1S/C11H11N3O2S2/c12-18(15,16)10-5-2-1-4-9(10)8-17-11-13-6-3-7-14-11/h1-7H,8H2,(H2,12,15,16). The molecular weight excluding hydrogens is 270 g/mol. The Kier molecular flexibility index (Phi) is 3.95. The van der Waals surface area contributed by atoms with Crippen LogP contribution in [0.3, 0.4) is 0 Å². The quantitative estimate of drug-likeness (QED) is 0.676. The first kappa shape index (κ1) is 13.0. The molecule has 0 saturated heterocycles. The van der Waals surface area contributed by atoms with E-state index >= 15 is 0 Å². The topological polar surface area (TPSA) is 85.9 Å². The summed E-state index contributed by atoms with van der Waals surface area (Å²) in [6, 6.07) is 8.37. The maximum Gasteiger partial charge on any atom is 0.238 e. The van der Waals surface area contributed by atoms with Gasteiger partial charge in [-0.05, 0) is 17.7 Å². The summed E-state index contributed by atoms with van der Waals surface area (Å²) in [4.78, 5) is 8.26. The van der Waals surface area contributed by atoms with Crippen molar-refractivity contribution >= 4 is 21.8 Å². The van der Waals surface area contributed by atoms with Crippen molar-refractivity contribution in [2.45, 2.75) is 15.8 Å². The highest BCUT2D eigenvalue weighted by molar-refractivity contribution is 7.98. The molecule has 0 aliphatic carbocycles. The molecule has 5 nitrogen and oxygen atoms in total. The van der Waals surface area contributed by atoms with E-state index in [1.807, 2.05) is 0 Å². The van der Waals surface area contributed by atoms with E-state index < -0.39 is 10.0 Å². The lowest BCUT2D eigenvalue weighted by atomic mass is 10.2. The third-order valence-electron chi connectivity index (χ3n) is 2.18. The van der Waals surface area contributed by atoms with Crippen molar-refractivity contribution < 1.29 is 8.42 Å². The van der Waals surface area contributed by atoms with Crippen molar-refractivity contribution in [3.8, 4) is 0 Å². The maximum atomic E-state index is 11.4. The van der Waals surface area contributed by atoms with Crippen LogP contribution in [0.2, 0.25) is 0 Å². The lowest BCUT2D eigenvalue weighted by Gasteiger charge is -2.06. The minimum Gasteiger partial charge on any atom is -0.231 e. The van der Waals surface area contributed by atoms with Crippen LogP contribution >= 0.6 is 11.8 Å². The fourth-order valence-electron chi connectivity index (χ4n) is 1.40. The van der Waals surface area contributed by atoms with Crippen LogP contribution in [-0.4, -0.2) is 18.4 Å². The summed E-state index contributed by atoms with van der Waals surface area (Å²) in [5.41, 5.74) is 0.650. The van der Waals surface area contributed by atoms with E-state index in [0.29, 0.717) is 16.5 Å². The highest BCUT2D eigenvalue weighted by Crippen LogP contribution is 2.23. The van der Waals surface area contributed by atoms with Gasteiger partial charge in [-0.25, -0.2) is 23.5 Å². The molecule has 0 atom stereocenters. The van der Waals surface area contributed by atoms with Gasteiger partial charge < -0.3 is 0 Å². The number of aromatic nitrogens is 2. The smallest absolute Gasteiger partial charge is 0.231 e. The van der Waals surface area contributed by atoms with Crippen LogP contribution in [0.4, 0.5) is 0 Å². The summed E-state index contributed by atoms with van der Waals surface area (Å²) in [5, 5.41) is 5.76. The van der Waals surface area contributed by atoms with Crippen LogP contribution in [0, 0.1) is 0 Å². The number of hydrogen-bond donors (Lipinski definition) is 1. The minimum absolute atomic E-state index is 0.147. The molecule has 18 heavy (non-hydrogen) atoms. The monoisotopic (exact) mass is 281 g/mol. The van der Waals surface area contributed by atoms with Crippen LogP contribution in [0.15, 0.2) is 52.8 Å². The predicted octanol–water partition coefficient (Wildman–Crippen LogP) is 1.42. The zero-order chi connectivity index (χ0) is 13.0. The number of nitrogens with two attached hydrogens (primary N) is 1. The van der Waals surface area contributed by atoms with E-state index in [0.717, 1.165) is 0 Å². The Balaban J connectivity index is 2.20. The molecule has 0 bridgehead atoms. The Morgan fingerprint density at radius 3 is 2.44 bits per heavy atom. The van der Waals surface area contributed by atoms with Gasteiger partial charge in [-0.1, -0.05) is 30.0 Å². The van der Waals surface area contributed by atoms with Gasteiger partial charge in [0.15, 0.2) is 5.16 Å². The number of nitrogens with zero attached hydrogens (tertiary/aromatic N) is 2. The zero-order valence-corrected chi connectivity index (χ0v) is 11.0. The average molecular weight is 281 g/mol. The Morgan fingerprint density at radius 1 is 1.11 bits per heavy atom. The van der Waals surface area contributed by atoms with Gasteiger partial charge in [0.25, 0.3) is 0 Å². The Morgan fingerprint density at radius 2 is 1.78 bits per heavy atom. The maximum absolute atomic E-state index is 11.4. The Hall–Kier alpha value is -1.44. The number of rotatable bonds is 4. The number of benzene rings is 1. The first-order chi connectivity index (χ1) is 8.57. The summed E-state index contributed by atoms with van der Waals surface area (Å²) >= 11 is 1.36. The van der Waals surface area contributed by atoms with Crippen LogP contribution in [0.5, 0.6) is 0 Å². The van der Waals surface area contributed by atoms with Crippen molar-refractivity contribution in [2.75, 3.05) is 0 Å². The summed E-state index contributed by atoms with van der Waals surface area (Å²) in [7, 11) is -3.69. The molecule has 7 heteroatoms. The van der Waals surface area contributed by atoms with Crippen molar-refractivity contribution in [1.29, 1.82) is 0 Å². The first-order valence-corrected chi connectivity index (χ1v) is 7.61. The molecule has 1 aromatic carbocycles. The largest absolute Gasteiger partial charge is 0.238 e. The van der Waals surface area contributed by atoms with Gasteiger partial charge in [-0.3, -0.25) is 0 Å². The van der Waals surface area contributed by atoms with Gasteiger partial charge >= 0.3 is 0 Å². The molecular formula is C11H11N3O2S2. The SMILES string of the molecule is NS(=O)(=O)c1ccccc1CSc1ncccn1. The summed E-state index contributed by atoms with van der Waals surface area (Å²) in [6.45, 7) is 0. The second kappa shape index (κ2) is 5.47. The molecule has 2 rings (SSSR count). The molecule has 1 heterocycles. The zero-order valence-electron chi connectivity index (χ0n) is 9.35. The van der Waals surface area contributed by atoms with Crippen LogP contribution in [0.1, 0.15) is 5.56 Å². The van der Waals surface area contributed by atoms with Gasteiger partial charge in [0.05, 0.1) is 4.90 Å². The van der Waals surface area contributed by atoms with Gasteiger partial charge in [0, 0.05) is 18.1 Å². The van der Waals surface area contributed by atoms with Crippen molar-refractivity contribution in [2.24, 2.45) is 5.14 Å². The van der Waals surface area contributed by atoms with Gasteiger partial charge in [0.2, 0.25) is 10.0 Å². The van der Waals surface area contributed by atoms with Crippen LogP contribution in [0.25, 0.3) is 0 Å². The molecule has 0 saturated carbocycles. The summed E-state index contributed by atoms with van der Waals surface area (Å²) < 4.78 is 22.8. The number of primary sulfonamides is 1.